The number of halogens is 2. The van der Waals surface area contributed by atoms with Gasteiger partial charge in [-0.15, -0.1) is 0 Å². The molecule has 0 radical (unpaired) electrons. The van der Waals surface area contributed by atoms with E-state index in [0.29, 0.717) is 5.33 Å². The summed E-state index contributed by atoms with van der Waals surface area (Å²) in [5.74, 6) is -0.284. The third-order valence-corrected chi connectivity index (χ3v) is 2.02. The fourth-order valence-electron chi connectivity index (χ4n) is 0.808. The monoisotopic (exact) mass is 242 g/mol. The van der Waals surface area contributed by atoms with Gasteiger partial charge < -0.3 is 0 Å². The van der Waals surface area contributed by atoms with Crippen molar-refractivity contribution in [3.05, 3.63) is 41.7 Å². The molecule has 0 aliphatic rings. The van der Waals surface area contributed by atoms with Gasteiger partial charge in [0.1, 0.15) is 5.82 Å². The summed E-state index contributed by atoms with van der Waals surface area (Å²) in [5, 5.41) is 0.310. The topological polar surface area (TPSA) is 17.1 Å². The van der Waals surface area contributed by atoms with E-state index in [0.717, 1.165) is 5.56 Å². The molecule has 0 atom stereocenters. The van der Waals surface area contributed by atoms with E-state index < -0.39 is 0 Å². The van der Waals surface area contributed by atoms with E-state index >= 15 is 0 Å². The minimum Gasteiger partial charge on any atom is -0.294 e. The summed E-state index contributed by atoms with van der Waals surface area (Å²) in [7, 11) is 0. The van der Waals surface area contributed by atoms with Crippen molar-refractivity contribution in [3.8, 4) is 0 Å². The number of hydrogen-bond donors (Lipinski definition) is 0. The van der Waals surface area contributed by atoms with Crippen LogP contribution in [0, 0.1) is 5.82 Å². The van der Waals surface area contributed by atoms with E-state index in [9.17, 15) is 9.18 Å². The number of ketones is 1. The predicted molar refractivity (Wildman–Crippen MR) is 54.2 cm³/mol. The smallest absolute Gasteiger partial charge is 0.166 e. The van der Waals surface area contributed by atoms with Gasteiger partial charge in [-0.2, -0.15) is 0 Å². The SMILES string of the molecule is O=C(C=Cc1ccc(F)cc1)CBr. The lowest BCUT2D eigenvalue weighted by molar-refractivity contribution is -0.112. The van der Waals surface area contributed by atoms with Crippen LogP contribution in [0.3, 0.4) is 0 Å². The molecule has 1 rings (SSSR count). The second-order valence-corrected chi connectivity index (χ2v) is 3.05. The summed E-state index contributed by atoms with van der Waals surface area (Å²) in [6, 6.07) is 5.96. The number of carbonyl (C=O) groups is 1. The second kappa shape index (κ2) is 4.92. The van der Waals surface area contributed by atoms with Crippen LogP contribution in [0.4, 0.5) is 4.39 Å². The van der Waals surface area contributed by atoms with E-state index in [-0.39, 0.29) is 11.6 Å². The molecule has 0 amide bonds. The van der Waals surface area contributed by atoms with Gasteiger partial charge in [0.25, 0.3) is 0 Å². The number of benzene rings is 1. The van der Waals surface area contributed by atoms with Crippen molar-refractivity contribution >= 4 is 27.8 Å². The van der Waals surface area contributed by atoms with Crippen LogP contribution in [0.2, 0.25) is 0 Å². The fraction of sp³-hybridized carbons (Fsp3) is 0.100. The quantitative estimate of drug-likeness (QED) is 0.589. The average molecular weight is 243 g/mol. The van der Waals surface area contributed by atoms with Gasteiger partial charge in [0.2, 0.25) is 0 Å². The summed E-state index contributed by atoms with van der Waals surface area (Å²) in [6.45, 7) is 0. The molecule has 0 aliphatic carbocycles. The number of carbonyl (C=O) groups excluding carboxylic acids is 1. The molecule has 0 N–H and O–H groups in total. The van der Waals surface area contributed by atoms with Crippen LogP contribution in [0.25, 0.3) is 6.08 Å². The Bertz CT molecular complexity index is 316. The maximum absolute atomic E-state index is 12.5. The van der Waals surface area contributed by atoms with Gasteiger partial charge in [0.05, 0.1) is 5.33 Å². The Labute approximate surface area is 84.4 Å². The van der Waals surface area contributed by atoms with Crippen LogP contribution in [0.1, 0.15) is 5.56 Å². The van der Waals surface area contributed by atoms with E-state index in [1.54, 1.807) is 18.2 Å². The first-order chi connectivity index (χ1) is 6.22. The van der Waals surface area contributed by atoms with Crippen LogP contribution < -0.4 is 0 Å². The molecule has 3 heteroatoms. The van der Waals surface area contributed by atoms with Gasteiger partial charge in [0, 0.05) is 0 Å². The van der Waals surface area contributed by atoms with Crippen molar-refractivity contribution in [2.45, 2.75) is 0 Å². The molecule has 68 valence electrons. The zero-order chi connectivity index (χ0) is 9.68. The molecule has 0 unspecified atom stereocenters. The molecule has 0 aliphatic heterocycles. The third-order valence-electron chi connectivity index (χ3n) is 1.46. The normalized spacial score (nSPS) is 10.6. The molecule has 0 bridgehead atoms. The average Bonchev–Trinajstić information content (AvgIpc) is 2.16. The van der Waals surface area contributed by atoms with Gasteiger partial charge in [-0.25, -0.2) is 4.39 Å². The van der Waals surface area contributed by atoms with E-state index in [4.69, 9.17) is 0 Å². The number of hydrogen-bond acceptors (Lipinski definition) is 1. The molecule has 1 aromatic carbocycles. The fourth-order valence-corrected chi connectivity index (χ4v) is 0.995. The Kier molecular flexibility index (Phi) is 3.83. The highest BCUT2D eigenvalue weighted by Crippen LogP contribution is 2.04. The van der Waals surface area contributed by atoms with Gasteiger partial charge in [0.15, 0.2) is 5.78 Å². The summed E-state index contributed by atoms with van der Waals surface area (Å²) in [4.78, 5) is 10.8. The highest BCUT2D eigenvalue weighted by Gasteiger charge is 1.92. The van der Waals surface area contributed by atoms with Crippen molar-refractivity contribution in [2.24, 2.45) is 0 Å². The first kappa shape index (κ1) is 10.1. The van der Waals surface area contributed by atoms with Crippen molar-refractivity contribution in [2.75, 3.05) is 5.33 Å². The third kappa shape index (κ3) is 3.51. The lowest BCUT2D eigenvalue weighted by Crippen LogP contribution is -1.91. The number of alkyl halides is 1. The zero-order valence-electron chi connectivity index (χ0n) is 6.84. The first-order valence-electron chi connectivity index (χ1n) is 3.75. The van der Waals surface area contributed by atoms with E-state index in [2.05, 4.69) is 15.9 Å². The van der Waals surface area contributed by atoms with Gasteiger partial charge in [-0.1, -0.05) is 34.1 Å². The summed E-state index contributed by atoms with van der Waals surface area (Å²) >= 11 is 3.04. The van der Waals surface area contributed by atoms with E-state index in [1.807, 2.05) is 0 Å². The Balaban J connectivity index is 2.69. The number of rotatable bonds is 3. The highest BCUT2D eigenvalue weighted by molar-refractivity contribution is 9.09. The first-order valence-corrected chi connectivity index (χ1v) is 4.87. The molecular formula is C10H8BrFO. The molecular weight excluding hydrogens is 235 g/mol. The van der Waals surface area contributed by atoms with Crippen molar-refractivity contribution in [1.29, 1.82) is 0 Å². The van der Waals surface area contributed by atoms with Crippen molar-refractivity contribution < 1.29 is 9.18 Å². The summed E-state index contributed by atoms with van der Waals surface area (Å²) < 4.78 is 12.5. The minimum absolute atomic E-state index is 0.00988. The molecule has 0 fully saturated rings. The highest BCUT2D eigenvalue weighted by atomic mass is 79.9. The predicted octanol–water partition coefficient (Wildman–Crippen LogP) is 2.80. The van der Waals surface area contributed by atoms with E-state index in [1.165, 1.54) is 18.2 Å². The molecule has 13 heavy (non-hydrogen) atoms. The standard InChI is InChI=1S/C10H8BrFO/c11-7-10(13)6-3-8-1-4-9(12)5-2-8/h1-6H,7H2. The summed E-state index contributed by atoms with van der Waals surface area (Å²) in [5.41, 5.74) is 0.815. The summed E-state index contributed by atoms with van der Waals surface area (Å²) in [6.07, 6.45) is 3.12. The van der Waals surface area contributed by atoms with Gasteiger partial charge in [-0.05, 0) is 23.8 Å². The second-order valence-electron chi connectivity index (χ2n) is 2.48. The molecule has 1 nitrogen and oxygen atoms in total. The van der Waals surface area contributed by atoms with Gasteiger partial charge >= 0.3 is 0 Å². The van der Waals surface area contributed by atoms with Gasteiger partial charge in [-0.3, -0.25) is 4.79 Å². The van der Waals surface area contributed by atoms with Crippen LogP contribution in [0.5, 0.6) is 0 Å². The lowest BCUT2D eigenvalue weighted by atomic mass is 10.2. The zero-order valence-corrected chi connectivity index (χ0v) is 8.42. The Morgan fingerprint density at radius 2 is 2.00 bits per heavy atom. The molecule has 0 spiro atoms. The minimum atomic E-state index is -0.274. The lowest BCUT2D eigenvalue weighted by Gasteiger charge is -1.91. The molecule has 0 aromatic heterocycles. The molecule has 1 aromatic rings. The number of allylic oxidation sites excluding steroid dienone is 1. The van der Waals surface area contributed by atoms with Crippen LogP contribution in [-0.2, 0) is 4.79 Å². The van der Waals surface area contributed by atoms with Crippen molar-refractivity contribution in [3.63, 3.8) is 0 Å². The maximum atomic E-state index is 12.5. The molecule has 0 saturated heterocycles. The largest absolute Gasteiger partial charge is 0.294 e. The van der Waals surface area contributed by atoms with Crippen LogP contribution in [-0.4, -0.2) is 11.1 Å². The maximum Gasteiger partial charge on any atom is 0.166 e. The Morgan fingerprint density at radius 1 is 1.38 bits per heavy atom. The Hall–Kier alpha value is -0.960. The molecule has 0 saturated carbocycles. The Morgan fingerprint density at radius 3 is 2.54 bits per heavy atom. The van der Waals surface area contributed by atoms with Crippen LogP contribution >= 0.6 is 15.9 Å². The molecule has 0 heterocycles. The van der Waals surface area contributed by atoms with Crippen LogP contribution in [0.15, 0.2) is 30.3 Å². The van der Waals surface area contributed by atoms with Crippen molar-refractivity contribution in [1.82, 2.24) is 0 Å².